The van der Waals surface area contributed by atoms with Gasteiger partial charge in [0.1, 0.15) is 5.17 Å². The average molecular weight is 256 g/mol. The Morgan fingerprint density at radius 2 is 2.06 bits per heavy atom. The van der Waals surface area contributed by atoms with E-state index in [1.807, 2.05) is 12.3 Å². The van der Waals surface area contributed by atoms with Gasteiger partial charge in [-0.25, -0.2) is 4.84 Å². The lowest BCUT2D eigenvalue weighted by atomic mass is 10.0. The number of hydrogen-bond donors (Lipinski definition) is 0. The summed E-state index contributed by atoms with van der Waals surface area (Å²) in [4.78, 5) is 8.38. The molecular weight excluding hydrogens is 238 g/mol. The molecule has 3 rings (SSSR count). The molecule has 3 heterocycles. The molecule has 0 aliphatic carbocycles. The van der Waals surface area contributed by atoms with Crippen LogP contribution >= 0.6 is 11.6 Å². The van der Waals surface area contributed by atoms with Crippen molar-refractivity contribution in [1.29, 1.82) is 0 Å². The number of halogens is 1. The summed E-state index contributed by atoms with van der Waals surface area (Å²) >= 11 is 5.89. The lowest BCUT2D eigenvalue weighted by Crippen LogP contribution is -2.44. The van der Waals surface area contributed by atoms with Crippen molar-refractivity contribution in [3.63, 3.8) is 0 Å². The molecule has 0 radical (unpaired) electrons. The van der Waals surface area contributed by atoms with E-state index in [9.17, 15) is 0 Å². The van der Waals surface area contributed by atoms with Gasteiger partial charge < -0.3 is 4.90 Å². The van der Waals surface area contributed by atoms with Gasteiger partial charge in [0.25, 0.3) is 0 Å². The summed E-state index contributed by atoms with van der Waals surface area (Å²) in [5.74, 6) is 0. The van der Waals surface area contributed by atoms with Crippen LogP contribution in [0.3, 0.4) is 0 Å². The average Bonchev–Trinajstić information content (AvgIpc) is 2.52. The lowest BCUT2D eigenvalue weighted by Gasteiger charge is -2.36. The zero-order valence-electron chi connectivity index (χ0n) is 10.1. The second kappa shape index (κ2) is 4.59. The highest BCUT2D eigenvalue weighted by atomic mass is 35.5. The van der Waals surface area contributed by atoms with E-state index in [1.54, 1.807) is 0 Å². The van der Waals surface area contributed by atoms with Crippen molar-refractivity contribution in [2.75, 3.05) is 7.05 Å². The van der Waals surface area contributed by atoms with Crippen molar-refractivity contribution in [3.05, 3.63) is 12.3 Å². The Morgan fingerprint density at radius 3 is 2.71 bits per heavy atom. The van der Waals surface area contributed by atoms with Crippen molar-refractivity contribution in [2.24, 2.45) is 5.10 Å². The molecule has 17 heavy (non-hydrogen) atoms. The summed E-state index contributed by atoms with van der Waals surface area (Å²) in [6.45, 7) is 0. The molecule has 3 aliphatic heterocycles. The van der Waals surface area contributed by atoms with Gasteiger partial charge in [-0.2, -0.15) is 0 Å². The van der Waals surface area contributed by atoms with Crippen molar-refractivity contribution in [2.45, 2.75) is 50.3 Å². The second-order valence-corrected chi connectivity index (χ2v) is 5.55. The van der Waals surface area contributed by atoms with E-state index in [4.69, 9.17) is 16.4 Å². The first-order valence-electron chi connectivity index (χ1n) is 6.30. The van der Waals surface area contributed by atoms with Gasteiger partial charge in [0.2, 0.25) is 0 Å². The molecule has 2 atom stereocenters. The van der Waals surface area contributed by atoms with Gasteiger partial charge in [-0.05, 0) is 32.7 Å². The Balaban J connectivity index is 1.60. The third kappa shape index (κ3) is 2.34. The van der Waals surface area contributed by atoms with Crippen LogP contribution in [0.4, 0.5) is 0 Å². The molecule has 94 valence electrons. The molecule has 0 saturated carbocycles. The van der Waals surface area contributed by atoms with E-state index in [0.717, 1.165) is 12.8 Å². The summed E-state index contributed by atoms with van der Waals surface area (Å²) in [7, 11) is 2.23. The normalized spacial score (nSPS) is 37.4. The van der Waals surface area contributed by atoms with Crippen molar-refractivity contribution in [1.82, 2.24) is 10.1 Å². The molecule has 5 heteroatoms. The van der Waals surface area contributed by atoms with Gasteiger partial charge in [-0.1, -0.05) is 17.7 Å². The van der Waals surface area contributed by atoms with Crippen LogP contribution in [0.25, 0.3) is 0 Å². The van der Waals surface area contributed by atoms with Gasteiger partial charge in [0.05, 0.1) is 12.3 Å². The predicted molar refractivity (Wildman–Crippen MR) is 67.6 cm³/mol. The topological polar surface area (TPSA) is 28.1 Å². The van der Waals surface area contributed by atoms with Crippen molar-refractivity contribution in [3.8, 4) is 0 Å². The number of allylic oxidation sites excluding steroid dienone is 1. The van der Waals surface area contributed by atoms with Crippen LogP contribution in [0, 0.1) is 0 Å². The number of fused-ring (bicyclic) bond motifs is 2. The molecule has 2 saturated heterocycles. The van der Waals surface area contributed by atoms with E-state index in [0.29, 0.717) is 23.7 Å². The molecule has 0 spiro atoms. The molecule has 0 amide bonds. The largest absolute Gasteiger partial charge is 0.300 e. The molecule has 4 nitrogen and oxygen atoms in total. The first-order chi connectivity index (χ1) is 8.22. The molecule has 0 aromatic rings. The Labute approximate surface area is 107 Å². The zero-order valence-corrected chi connectivity index (χ0v) is 10.8. The van der Waals surface area contributed by atoms with Gasteiger partial charge in [0.15, 0.2) is 0 Å². The fourth-order valence-electron chi connectivity index (χ4n) is 3.08. The standard InChI is InChI=1S/C12H18ClN3O/c1-15-9-4-5-10(15)8-11(7-9)17-16-6-2-3-12(13)14-16/h2,6,9-11H,3-5,7-8H2,1H3. The smallest absolute Gasteiger partial charge is 0.133 e. The summed E-state index contributed by atoms with van der Waals surface area (Å²) < 4.78 is 0. The highest BCUT2D eigenvalue weighted by molar-refractivity contribution is 6.65. The highest BCUT2D eigenvalue weighted by Gasteiger charge is 2.39. The lowest BCUT2D eigenvalue weighted by molar-refractivity contribution is -0.183. The fraction of sp³-hybridized carbons (Fsp3) is 0.750. The van der Waals surface area contributed by atoms with Gasteiger partial charge >= 0.3 is 0 Å². The van der Waals surface area contributed by atoms with E-state index in [-0.39, 0.29) is 6.10 Å². The van der Waals surface area contributed by atoms with Gasteiger partial charge in [0, 0.05) is 18.5 Å². The van der Waals surface area contributed by atoms with Crippen LogP contribution in [-0.4, -0.2) is 40.5 Å². The molecule has 0 aromatic carbocycles. The quantitative estimate of drug-likeness (QED) is 0.758. The third-order valence-corrected chi connectivity index (χ3v) is 4.27. The number of hydrazone groups is 1. The number of piperidine rings is 1. The van der Waals surface area contributed by atoms with Crippen LogP contribution in [-0.2, 0) is 4.84 Å². The Kier molecular flexibility index (Phi) is 3.11. The van der Waals surface area contributed by atoms with E-state index in [1.165, 1.54) is 18.0 Å². The van der Waals surface area contributed by atoms with E-state index < -0.39 is 0 Å². The van der Waals surface area contributed by atoms with E-state index in [2.05, 4.69) is 17.0 Å². The Hall–Kier alpha value is -0.580. The Bertz CT molecular complexity index is 344. The molecular formula is C12H18ClN3O. The minimum atomic E-state index is 0.277. The summed E-state index contributed by atoms with van der Waals surface area (Å²) in [6, 6.07) is 1.37. The molecule has 3 aliphatic rings. The Morgan fingerprint density at radius 1 is 1.35 bits per heavy atom. The number of rotatable bonds is 2. The highest BCUT2D eigenvalue weighted by Crippen LogP contribution is 2.35. The zero-order chi connectivity index (χ0) is 11.8. The maximum atomic E-state index is 5.89. The van der Waals surface area contributed by atoms with Gasteiger partial charge in [-0.3, -0.25) is 0 Å². The number of hydrogen-bond acceptors (Lipinski definition) is 4. The number of nitrogens with zero attached hydrogens (tertiary/aromatic N) is 3. The molecule has 0 aromatic heterocycles. The fourth-order valence-corrected chi connectivity index (χ4v) is 3.24. The first-order valence-corrected chi connectivity index (χ1v) is 6.68. The van der Waals surface area contributed by atoms with Gasteiger partial charge in [-0.15, -0.1) is 10.3 Å². The van der Waals surface area contributed by atoms with E-state index >= 15 is 0 Å². The van der Waals surface area contributed by atoms with Crippen LogP contribution in [0.1, 0.15) is 32.1 Å². The van der Waals surface area contributed by atoms with Crippen LogP contribution < -0.4 is 0 Å². The maximum absolute atomic E-state index is 5.89. The first kappa shape index (κ1) is 11.5. The second-order valence-electron chi connectivity index (χ2n) is 5.12. The minimum Gasteiger partial charge on any atom is -0.300 e. The summed E-state index contributed by atoms with van der Waals surface area (Å²) in [6.07, 6.45) is 9.63. The maximum Gasteiger partial charge on any atom is 0.133 e. The minimum absolute atomic E-state index is 0.277. The van der Waals surface area contributed by atoms with Crippen molar-refractivity contribution < 1.29 is 4.84 Å². The molecule has 0 N–H and O–H groups in total. The third-order valence-electron chi connectivity index (χ3n) is 4.04. The molecule has 2 unspecified atom stereocenters. The SMILES string of the molecule is CN1C2CCC1CC(ON1C=CCC(Cl)=N1)C2. The predicted octanol–water partition coefficient (Wildman–Crippen LogP) is 2.31. The molecule has 2 fully saturated rings. The summed E-state index contributed by atoms with van der Waals surface area (Å²) in [5, 5.41) is 6.27. The van der Waals surface area contributed by atoms with Crippen LogP contribution in [0.5, 0.6) is 0 Å². The molecule has 2 bridgehead atoms. The van der Waals surface area contributed by atoms with Crippen LogP contribution in [0.2, 0.25) is 0 Å². The number of hydroxylamine groups is 1. The van der Waals surface area contributed by atoms with Crippen molar-refractivity contribution >= 4 is 16.8 Å². The summed E-state index contributed by atoms with van der Waals surface area (Å²) in [5.41, 5.74) is 0. The van der Waals surface area contributed by atoms with Crippen LogP contribution in [0.15, 0.2) is 17.4 Å². The monoisotopic (exact) mass is 255 g/mol.